The normalized spacial score (nSPS) is 14.3. The zero-order valence-corrected chi connectivity index (χ0v) is 18.4. The van der Waals surface area contributed by atoms with E-state index in [1.54, 1.807) is 18.3 Å². The molecule has 9 heteroatoms. The smallest absolute Gasteiger partial charge is 0.251 e. The maximum absolute atomic E-state index is 14.0. The van der Waals surface area contributed by atoms with Crippen molar-refractivity contribution in [2.75, 3.05) is 18.4 Å². The summed E-state index contributed by atoms with van der Waals surface area (Å²) >= 11 is 0. The molecule has 34 heavy (non-hydrogen) atoms. The summed E-state index contributed by atoms with van der Waals surface area (Å²) in [6.45, 7) is 1.83. The number of benzene rings is 2. The highest BCUT2D eigenvalue weighted by Gasteiger charge is 2.16. The number of pyridine rings is 1. The van der Waals surface area contributed by atoms with Gasteiger partial charge in [0.2, 0.25) is 0 Å². The predicted molar refractivity (Wildman–Crippen MR) is 126 cm³/mol. The van der Waals surface area contributed by atoms with Crippen molar-refractivity contribution in [1.29, 1.82) is 0 Å². The topological polar surface area (TPSA) is 94.7 Å². The molecular weight excluding hydrogens is 438 g/mol. The van der Waals surface area contributed by atoms with Gasteiger partial charge in [-0.2, -0.15) is 5.10 Å². The van der Waals surface area contributed by atoms with E-state index < -0.39 is 11.6 Å². The third-order valence-corrected chi connectivity index (χ3v) is 5.96. The Morgan fingerprint density at radius 3 is 2.65 bits per heavy atom. The van der Waals surface area contributed by atoms with E-state index in [1.807, 2.05) is 18.2 Å². The minimum absolute atomic E-state index is 0.0798. The van der Waals surface area contributed by atoms with Crippen LogP contribution in [0.4, 0.5) is 20.3 Å². The number of nitrogens with zero attached hydrogens (tertiary/aromatic N) is 2. The lowest BCUT2D eigenvalue weighted by Gasteiger charge is -2.23. The van der Waals surface area contributed by atoms with Crippen molar-refractivity contribution in [2.24, 2.45) is 0 Å². The van der Waals surface area contributed by atoms with E-state index in [0.29, 0.717) is 17.0 Å². The highest BCUT2D eigenvalue weighted by atomic mass is 19.1. The number of carbonyl (C=O) groups is 1. The molecule has 1 aliphatic heterocycles. The molecule has 2 aromatic heterocycles. The number of amides is 1. The number of carbonyl (C=O) groups excluding carboxylic acids is 1. The lowest BCUT2D eigenvalue weighted by Crippen LogP contribution is -2.42. The summed E-state index contributed by atoms with van der Waals surface area (Å²) < 4.78 is 27.6. The molecule has 1 amide bonds. The molecule has 0 saturated carbocycles. The van der Waals surface area contributed by atoms with Crippen molar-refractivity contribution >= 4 is 28.4 Å². The quantitative estimate of drug-likeness (QED) is 0.347. The van der Waals surface area contributed by atoms with Crippen LogP contribution >= 0.6 is 0 Å². The van der Waals surface area contributed by atoms with Gasteiger partial charge in [-0.1, -0.05) is 0 Å². The Labute approximate surface area is 195 Å². The second-order valence-electron chi connectivity index (χ2n) is 8.43. The second-order valence-corrected chi connectivity index (χ2v) is 8.43. The molecule has 0 bridgehead atoms. The number of aromatic amines is 1. The summed E-state index contributed by atoms with van der Waals surface area (Å²) in [4.78, 5) is 16.9. The van der Waals surface area contributed by atoms with Gasteiger partial charge < -0.3 is 16.0 Å². The predicted octanol–water partition coefficient (Wildman–Crippen LogP) is 4.05. The zero-order chi connectivity index (χ0) is 23.5. The Hall–Kier alpha value is -3.85. The fourth-order valence-corrected chi connectivity index (χ4v) is 4.12. The van der Waals surface area contributed by atoms with Crippen LogP contribution < -0.4 is 16.0 Å². The minimum atomic E-state index is -0.482. The van der Waals surface area contributed by atoms with E-state index in [9.17, 15) is 13.6 Å². The Kier molecular flexibility index (Phi) is 6.18. The van der Waals surface area contributed by atoms with E-state index in [-0.39, 0.29) is 23.9 Å². The van der Waals surface area contributed by atoms with Gasteiger partial charge in [0.15, 0.2) is 5.65 Å². The molecule has 1 aliphatic rings. The summed E-state index contributed by atoms with van der Waals surface area (Å²) in [5.41, 5.74) is 2.86. The summed E-state index contributed by atoms with van der Waals surface area (Å²) in [6.07, 6.45) is 3.67. The van der Waals surface area contributed by atoms with Crippen molar-refractivity contribution < 1.29 is 13.6 Å². The summed E-state index contributed by atoms with van der Waals surface area (Å²) in [5.74, 6) is -0.403. The molecule has 2 aromatic carbocycles. The molecule has 0 spiro atoms. The lowest BCUT2D eigenvalue weighted by molar-refractivity contribution is 0.0929. The van der Waals surface area contributed by atoms with Gasteiger partial charge >= 0.3 is 0 Å². The van der Waals surface area contributed by atoms with Crippen molar-refractivity contribution in [3.05, 3.63) is 83.1 Å². The van der Waals surface area contributed by atoms with Crippen LogP contribution in [-0.2, 0) is 6.42 Å². The number of halogens is 2. The SMILES string of the molecule is O=C(NC1CCNCC1)c1ccc(Nc2[nH]nc3ncc(Cc4cc(F)ccc4F)cc23)cc1. The van der Waals surface area contributed by atoms with Gasteiger partial charge in [0.25, 0.3) is 5.91 Å². The van der Waals surface area contributed by atoms with Gasteiger partial charge in [-0.3, -0.25) is 9.89 Å². The van der Waals surface area contributed by atoms with E-state index in [0.717, 1.165) is 54.7 Å². The van der Waals surface area contributed by atoms with Crippen LogP contribution in [0.15, 0.2) is 54.7 Å². The monoisotopic (exact) mass is 462 g/mol. The first kappa shape index (κ1) is 22.0. The van der Waals surface area contributed by atoms with Gasteiger partial charge in [0, 0.05) is 29.9 Å². The van der Waals surface area contributed by atoms with Crippen LogP contribution in [0.1, 0.15) is 34.3 Å². The van der Waals surface area contributed by atoms with Crippen LogP contribution in [0.2, 0.25) is 0 Å². The third kappa shape index (κ3) is 4.89. The first-order valence-electron chi connectivity index (χ1n) is 11.2. The number of H-pyrrole nitrogens is 1. The fourth-order valence-electron chi connectivity index (χ4n) is 4.12. The van der Waals surface area contributed by atoms with Crippen molar-refractivity contribution in [2.45, 2.75) is 25.3 Å². The van der Waals surface area contributed by atoms with Crippen LogP contribution in [0.25, 0.3) is 11.0 Å². The molecule has 174 valence electrons. The molecule has 0 unspecified atom stereocenters. The van der Waals surface area contributed by atoms with Crippen LogP contribution in [0, 0.1) is 11.6 Å². The summed E-state index contributed by atoms with van der Waals surface area (Å²) in [7, 11) is 0. The van der Waals surface area contributed by atoms with Gasteiger partial charge in [0.1, 0.15) is 17.5 Å². The molecule has 0 aliphatic carbocycles. The van der Waals surface area contributed by atoms with Gasteiger partial charge in [-0.15, -0.1) is 0 Å². The van der Waals surface area contributed by atoms with E-state index >= 15 is 0 Å². The number of anilines is 2. The third-order valence-electron chi connectivity index (χ3n) is 5.96. The second kappa shape index (κ2) is 9.56. The molecule has 7 nitrogen and oxygen atoms in total. The molecule has 5 rings (SSSR count). The molecule has 4 N–H and O–H groups in total. The van der Waals surface area contributed by atoms with Crippen molar-refractivity contribution in [3.8, 4) is 0 Å². The molecule has 0 atom stereocenters. The Bertz CT molecular complexity index is 1310. The molecule has 1 saturated heterocycles. The number of aromatic nitrogens is 3. The maximum Gasteiger partial charge on any atom is 0.251 e. The van der Waals surface area contributed by atoms with Crippen molar-refractivity contribution in [3.63, 3.8) is 0 Å². The van der Waals surface area contributed by atoms with Gasteiger partial charge in [-0.25, -0.2) is 13.8 Å². The number of fused-ring (bicyclic) bond motifs is 1. The minimum Gasteiger partial charge on any atom is -0.349 e. The first-order valence-corrected chi connectivity index (χ1v) is 11.2. The zero-order valence-electron chi connectivity index (χ0n) is 18.4. The Morgan fingerprint density at radius 2 is 1.85 bits per heavy atom. The van der Waals surface area contributed by atoms with Crippen LogP contribution in [0.5, 0.6) is 0 Å². The standard InChI is InChI=1S/C25H24F2N6O/c26-18-3-6-22(27)17(13-18)11-15-12-21-23(29-14-15)32-33-24(21)30-19-4-1-16(2-5-19)25(34)31-20-7-9-28-10-8-20/h1-6,12-14,20,28H,7-11H2,(H,31,34)(H2,29,30,32,33). The Balaban J connectivity index is 1.30. The lowest BCUT2D eigenvalue weighted by atomic mass is 10.0. The van der Waals surface area contributed by atoms with Gasteiger partial charge in [0.05, 0.1) is 5.39 Å². The van der Waals surface area contributed by atoms with E-state index in [1.165, 1.54) is 6.07 Å². The average Bonchev–Trinajstić information content (AvgIpc) is 3.24. The fraction of sp³-hybridized carbons (Fsp3) is 0.240. The van der Waals surface area contributed by atoms with Gasteiger partial charge in [-0.05, 0) is 85.6 Å². The van der Waals surface area contributed by atoms with E-state index in [2.05, 4.69) is 31.1 Å². The molecule has 3 heterocycles. The highest BCUT2D eigenvalue weighted by molar-refractivity contribution is 5.95. The number of piperidine rings is 1. The first-order chi connectivity index (χ1) is 16.5. The van der Waals surface area contributed by atoms with E-state index in [4.69, 9.17) is 0 Å². The van der Waals surface area contributed by atoms with Crippen LogP contribution in [0.3, 0.4) is 0 Å². The molecule has 1 fully saturated rings. The number of rotatable bonds is 6. The summed E-state index contributed by atoms with van der Waals surface area (Å²) in [5, 5.41) is 17.5. The van der Waals surface area contributed by atoms with Crippen LogP contribution in [-0.4, -0.2) is 40.2 Å². The summed E-state index contributed by atoms with van der Waals surface area (Å²) in [6, 6.07) is 12.6. The van der Waals surface area contributed by atoms with Crippen molar-refractivity contribution in [1.82, 2.24) is 25.8 Å². The molecule has 0 radical (unpaired) electrons. The molecule has 4 aromatic rings. The maximum atomic E-state index is 14.0. The number of hydrogen-bond donors (Lipinski definition) is 4. The Morgan fingerprint density at radius 1 is 1.06 bits per heavy atom. The highest BCUT2D eigenvalue weighted by Crippen LogP contribution is 2.25. The number of hydrogen-bond acceptors (Lipinski definition) is 5. The largest absolute Gasteiger partial charge is 0.349 e. The molecular formula is C25H24F2N6O. The average molecular weight is 463 g/mol. The number of nitrogens with one attached hydrogen (secondary N) is 4.